The maximum absolute atomic E-state index is 4.57. The van der Waals surface area contributed by atoms with Crippen molar-refractivity contribution in [1.82, 2.24) is 15.0 Å². The molecular formula is C13H17BrN4S. The predicted molar refractivity (Wildman–Crippen MR) is 82.9 cm³/mol. The van der Waals surface area contributed by atoms with Crippen LogP contribution in [0.1, 0.15) is 35.6 Å². The van der Waals surface area contributed by atoms with Crippen LogP contribution < -0.4 is 5.32 Å². The molecule has 2 heterocycles. The normalized spacial score (nSPS) is 10.7. The molecule has 2 rings (SSSR count). The topological polar surface area (TPSA) is 50.7 Å². The molecule has 102 valence electrons. The van der Waals surface area contributed by atoms with Crippen LogP contribution in [0.4, 0.5) is 5.82 Å². The molecule has 0 aliphatic carbocycles. The van der Waals surface area contributed by atoms with Crippen molar-refractivity contribution in [2.75, 3.05) is 11.9 Å². The predicted octanol–water partition coefficient (Wildman–Crippen LogP) is 3.73. The van der Waals surface area contributed by atoms with Crippen molar-refractivity contribution in [3.05, 3.63) is 32.1 Å². The minimum Gasteiger partial charge on any atom is -0.369 e. The molecule has 0 aliphatic rings. The van der Waals surface area contributed by atoms with E-state index in [9.17, 15) is 0 Å². The van der Waals surface area contributed by atoms with Gasteiger partial charge in [0.25, 0.3) is 0 Å². The van der Waals surface area contributed by atoms with Crippen molar-refractivity contribution in [3.8, 4) is 0 Å². The van der Waals surface area contributed by atoms with Crippen LogP contribution >= 0.6 is 27.3 Å². The molecule has 4 nitrogen and oxygen atoms in total. The van der Waals surface area contributed by atoms with Gasteiger partial charge >= 0.3 is 0 Å². The van der Waals surface area contributed by atoms with Crippen molar-refractivity contribution >= 4 is 33.1 Å². The molecule has 19 heavy (non-hydrogen) atoms. The molecule has 0 unspecified atom stereocenters. The van der Waals surface area contributed by atoms with E-state index in [1.165, 1.54) is 0 Å². The standard InChI is InChI=1S/C13H17BrN4S/c1-4-5-15-13-12(14)9(3)17-10(18-13)6-11-16-8(2)7-19-11/h7H,4-6H2,1-3H3,(H,15,17,18). The largest absolute Gasteiger partial charge is 0.369 e. The van der Waals surface area contributed by atoms with Crippen molar-refractivity contribution in [1.29, 1.82) is 0 Å². The van der Waals surface area contributed by atoms with Gasteiger partial charge in [0.05, 0.1) is 16.6 Å². The summed E-state index contributed by atoms with van der Waals surface area (Å²) >= 11 is 5.19. The Labute approximate surface area is 125 Å². The lowest BCUT2D eigenvalue weighted by Gasteiger charge is -2.10. The van der Waals surface area contributed by atoms with Crippen LogP contribution in [-0.4, -0.2) is 21.5 Å². The fourth-order valence-corrected chi connectivity index (χ4v) is 2.76. The number of anilines is 1. The van der Waals surface area contributed by atoms with Crippen LogP contribution in [0.25, 0.3) is 0 Å². The first-order valence-corrected chi connectivity index (χ1v) is 7.95. The van der Waals surface area contributed by atoms with Crippen LogP contribution in [-0.2, 0) is 6.42 Å². The van der Waals surface area contributed by atoms with E-state index in [-0.39, 0.29) is 0 Å². The second-order valence-corrected chi connectivity index (χ2v) is 6.11. The van der Waals surface area contributed by atoms with Crippen LogP contribution in [0.2, 0.25) is 0 Å². The van der Waals surface area contributed by atoms with Gasteiger partial charge in [0.1, 0.15) is 16.6 Å². The third-order valence-electron chi connectivity index (χ3n) is 2.58. The summed E-state index contributed by atoms with van der Waals surface area (Å²) in [5, 5.41) is 6.43. The molecule has 6 heteroatoms. The highest BCUT2D eigenvalue weighted by Gasteiger charge is 2.10. The van der Waals surface area contributed by atoms with Crippen molar-refractivity contribution in [2.24, 2.45) is 0 Å². The van der Waals surface area contributed by atoms with Gasteiger partial charge in [-0.1, -0.05) is 6.92 Å². The SMILES string of the molecule is CCCNc1nc(Cc2nc(C)cs2)nc(C)c1Br. The summed E-state index contributed by atoms with van der Waals surface area (Å²) in [5.74, 6) is 1.69. The Morgan fingerprint density at radius 1 is 1.26 bits per heavy atom. The number of aryl methyl sites for hydroxylation is 2. The first-order valence-electron chi connectivity index (χ1n) is 6.28. The number of aromatic nitrogens is 3. The Kier molecular flexibility index (Phi) is 4.87. The van der Waals surface area contributed by atoms with Crippen LogP contribution in [0.15, 0.2) is 9.85 Å². The van der Waals surface area contributed by atoms with Gasteiger partial charge in [0.15, 0.2) is 0 Å². The van der Waals surface area contributed by atoms with Gasteiger partial charge in [-0.3, -0.25) is 0 Å². The lowest BCUT2D eigenvalue weighted by Crippen LogP contribution is -2.08. The first kappa shape index (κ1) is 14.4. The highest BCUT2D eigenvalue weighted by Crippen LogP contribution is 2.24. The Bertz CT molecular complexity index is 568. The summed E-state index contributed by atoms with van der Waals surface area (Å²) in [6.07, 6.45) is 1.75. The Morgan fingerprint density at radius 2 is 2.05 bits per heavy atom. The minimum absolute atomic E-state index is 0.688. The average molecular weight is 341 g/mol. The van der Waals surface area contributed by atoms with E-state index in [0.29, 0.717) is 6.42 Å². The number of nitrogens with one attached hydrogen (secondary N) is 1. The summed E-state index contributed by atoms with van der Waals surface area (Å²) in [7, 11) is 0. The second-order valence-electron chi connectivity index (χ2n) is 4.37. The quantitative estimate of drug-likeness (QED) is 0.900. The molecule has 1 N–H and O–H groups in total. The summed E-state index contributed by atoms with van der Waals surface area (Å²) in [4.78, 5) is 13.5. The van der Waals surface area contributed by atoms with Gasteiger partial charge < -0.3 is 5.32 Å². The minimum atomic E-state index is 0.688. The molecule has 0 atom stereocenters. The van der Waals surface area contributed by atoms with Crippen LogP contribution in [0.5, 0.6) is 0 Å². The molecule has 0 bridgehead atoms. The van der Waals surface area contributed by atoms with Gasteiger partial charge in [-0.05, 0) is 36.2 Å². The van der Waals surface area contributed by atoms with Crippen molar-refractivity contribution in [2.45, 2.75) is 33.6 Å². The fourth-order valence-electron chi connectivity index (χ4n) is 1.68. The number of nitrogens with zero attached hydrogens (tertiary/aromatic N) is 3. The molecule has 2 aromatic rings. The van der Waals surface area contributed by atoms with Gasteiger partial charge in [-0.25, -0.2) is 15.0 Å². The van der Waals surface area contributed by atoms with Gasteiger partial charge in [-0.2, -0.15) is 0 Å². The third-order valence-corrected chi connectivity index (χ3v) is 4.50. The van der Waals surface area contributed by atoms with Crippen LogP contribution in [0, 0.1) is 13.8 Å². The number of halogens is 1. The molecular weight excluding hydrogens is 324 g/mol. The Morgan fingerprint density at radius 3 is 2.68 bits per heavy atom. The maximum Gasteiger partial charge on any atom is 0.144 e. The zero-order chi connectivity index (χ0) is 13.8. The number of thiazole rings is 1. The molecule has 0 fully saturated rings. The summed E-state index contributed by atoms with van der Waals surface area (Å²) in [5.41, 5.74) is 2.01. The maximum atomic E-state index is 4.57. The lowest BCUT2D eigenvalue weighted by molar-refractivity contribution is 0.904. The molecule has 0 saturated carbocycles. The lowest BCUT2D eigenvalue weighted by atomic mass is 10.3. The molecule has 0 spiro atoms. The Hall–Kier alpha value is -1.01. The fraction of sp³-hybridized carbons (Fsp3) is 0.462. The van der Waals surface area contributed by atoms with E-state index < -0.39 is 0 Å². The zero-order valence-corrected chi connectivity index (χ0v) is 13.7. The van der Waals surface area contributed by atoms with E-state index in [1.807, 2.05) is 13.8 Å². The summed E-state index contributed by atoms with van der Waals surface area (Å²) in [6.45, 7) is 7.03. The van der Waals surface area contributed by atoms with Crippen molar-refractivity contribution in [3.63, 3.8) is 0 Å². The van der Waals surface area contributed by atoms with Crippen molar-refractivity contribution < 1.29 is 0 Å². The number of hydrogen-bond acceptors (Lipinski definition) is 5. The highest BCUT2D eigenvalue weighted by atomic mass is 79.9. The number of rotatable bonds is 5. The molecule has 0 aromatic carbocycles. The second kappa shape index (κ2) is 6.43. The zero-order valence-electron chi connectivity index (χ0n) is 11.3. The average Bonchev–Trinajstić information content (AvgIpc) is 2.77. The summed E-state index contributed by atoms with van der Waals surface area (Å²) < 4.78 is 0.944. The van der Waals surface area contributed by atoms with E-state index in [0.717, 1.165) is 45.5 Å². The molecule has 0 radical (unpaired) electrons. The summed E-state index contributed by atoms with van der Waals surface area (Å²) in [6, 6.07) is 0. The Balaban J connectivity index is 2.23. The smallest absolute Gasteiger partial charge is 0.144 e. The molecule has 0 amide bonds. The van der Waals surface area contributed by atoms with E-state index >= 15 is 0 Å². The molecule has 0 aliphatic heterocycles. The third kappa shape index (κ3) is 3.73. The van der Waals surface area contributed by atoms with E-state index in [4.69, 9.17) is 0 Å². The van der Waals surface area contributed by atoms with Gasteiger partial charge in [-0.15, -0.1) is 11.3 Å². The van der Waals surface area contributed by atoms with E-state index in [2.05, 4.69) is 48.5 Å². The van der Waals surface area contributed by atoms with Crippen LogP contribution in [0.3, 0.4) is 0 Å². The molecule has 2 aromatic heterocycles. The molecule has 0 saturated heterocycles. The van der Waals surface area contributed by atoms with Gasteiger partial charge in [0, 0.05) is 17.6 Å². The highest BCUT2D eigenvalue weighted by molar-refractivity contribution is 9.10. The monoisotopic (exact) mass is 340 g/mol. The first-order chi connectivity index (χ1) is 9.10. The number of hydrogen-bond donors (Lipinski definition) is 1. The van der Waals surface area contributed by atoms with Gasteiger partial charge in [0.2, 0.25) is 0 Å². The van der Waals surface area contributed by atoms with E-state index in [1.54, 1.807) is 11.3 Å².